The maximum atomic E-state index is 14.1. The first-order valence-corrected chi connectivity index (χ1v) is 26.5. The van der Waals surface area contributed by atoms with Crippen LogP contribution in [0.1, 0.15) is 96.7 Å². The van der Waals surface area contributed by atoms with Gasteiger partial charge in [-0.15, -0.1) is 0 Å². The molecular weight excluding hydrogens is 1010 g/mol. The molecule has 0 saturated carbocycles. The summed E-state index contributed by atoms with van der Waals surface area (Å²) in [6.07, 6.45) is 11.3. The molecule has 7 amide bonds. The number of rotatable bonds is 22. The van der Waals surface area contributed by atoms with E-state index < -0.39 is 23.9 Å². The van der Waals surface area contributed by atoms with Gasteiger partial charge in [0.15, 0.2) is 23.0 Å². The number of hydrogen-bond donors (Lipinski definition) is 3. The number of hydrogen-bond acceptors (Lipinski definition) is 14. The van der Waals surface area contributed by atoms with Gasteiger partial charge in [0, 0.05) is 81.0 Å². The highest BCUT2D eigenvalue weighted by molar-refractivity contribution is 6.13. The van der Waals surface area contributed by atoms with Gasteiger partial charge in [0.05, 0.1) is 69.1 Å². The molecule has 412 valence electrons. The van der Waals surface area contributed by atoms with Crippen LogP contribution < -0.4 is 39.6 Å². The molecule has 20 heteroatoms. The second kappa shape index (κ2) is 24.2. The van der Waals surface area contributed by atoms with Gasteiger partial charge in [-0.1, -0.05) is 38.5 Å². The highest BCUT2D eigenvalue weighted by Gasteiger charge is 2.36. The molecule has 4 aromatic carbocycles. The lowest BCUT2D eigenvalue weighted by Gasteiger charge is -2.34. The summed E-state index contributed by atoms with van der Waals surface area (Å²) in [6.45, 7) is 6.38. The molecule has 0 spiro atoms. The lowest BCUT2D eigenvalue weighted by Crippen LogP contribution is -2.53. The number of amides is 7. The summed E-state index contributed by atoms with van der Waals surface area (Å²) in [7, 11) is 4.66. The third-order valence-electron chi connectivity index (χ3n) is 14.5. The number of unbranched alkanes of at least 4 members (excludes halogenated alkanes) is 2. The van der Waals surface area contributed by atoms with E-state index in [4.69, 9.17) is 33.7 Å². The van der Waals surface area contributed by atoms with E-state index in [9.17, 15) is 33.6 Å². The molecule has 0 saturated heterocycles. The first-order valence-electron chi connectivity index (χ1n) is 26.5. The molecule has 0 bridgehead atoms. The number of benzene rings is 4. The predicted molar refractivity (Wildman–Crippen MR) is 295 cm³/mol. The van der Waals surface area contributed by atoms with Gasteiger partial charge in [-0.25, -0.2) is 0 Å². The molecule has 9 rings (SSSR count). The van der Waals surface area contributed by atoms with Gasteiger partial charge >= 0.3 is 0 Å². The van der Waals surface area contributed by atoms with Crippen molar-refractivity contribution in [3.63, 3.8) is 0 Å². The quantitative estimate of drug-likeness (QED) is 0.0540. The maximum absolute atomic E-state index is 14.1. The minimum absolute atomic E-state index is 0.143. The first kappa shape index (κ1) is 55.0. The Kier molecular flexibility index (Phi) is 16.9. The normalized spacial score (nSPS) is 17.6. The third-order valence-corrected chi connectivity index (χ3v) is 14.5. The van der Waals surface area contributed by atoms with Crippen LogP contribution in [0.2, 0.25) is 0 Å². The number of carbonyl (C=O) groups is 7. The number of fused-ring (bicyclic) bond motifs is 5. The number of aliphatic imine (C=N–C) groups is 2. The Morgan fingerprint density at radius 2 is 1.30 bits per heavy atom. The average molecular weight is 1080 g/mol. The van der Waals surface area contributed by atoms with Crippen molar-refractivity contribution in [2.75, 3.05) is 46.4 Å². The van der Waals surface area contributed by atoms with Gasteiger partial charge in [-0.05, 0) is 90.8 Å². The number of nitrogens with one attached hydrogen (secondary N) is 3. The number of anilines is 1. The lowest BCUT2D eigenvalue weighted by molar-refractivity contribution is -0.137. The van der Waals surface area contributed by atoms with Gasteiger partial charge < -0.3 is 49.4 Å². The van der Waals surface area contributed by atoms with Gasteiger partial charge in [0.2, 0.25) is 17.7 Å². The number of carbonyl (C=O) groups excluding carboxylic acids is 7. The molecule has 0 aliphatic carbocycles. The largest absolute Gasteiger partial charge is 0.497 e. The number of methoxy groups -OCH3 is 3. The van der Waals surface area contributed by atoms with E-state index in [1.54, 1.807) is 75.4 Å². The van der Waals surface area contributed by atoms with Crippen molar-refractivity contribution < 1.29 is 57.2 Å². The summed E-state index contributed by atoms with van der Waals surface area (Å²) >= 11 is 0. The van der Waals surface area contributed by atoms with Crippen LogP contribution in [0.4, 0.5) is 17.1 Å². The van der Waals surface area contributed by atoms with E-state index in [2.05, 4.69) is 16.0 Å². The Labute approximate surface area is 457 Å². The fourth-order valence-electron chi connectivity index (χ4n) is 10.0. The van der Waals surface area contributed by atoms with Crippen molar-refractivity contribution >= 4 is 76.4 Å². The predicted octanol–water partition coefficient (Wildman–Crippen LogP) is 6.88. The molecule has 4 atom stereocenters. The van der Waals surface area contributed by atoms with Crippen LogP contribution in [0.15, 0.2) is 95.1 Å². The standard InChI is InChI=1S/C59H64N8O12/c1-34(2)55(64-52(68)11-8-7-9-20-65-53(69)18-19-54(65)70)57(72)62-35(3)56(71)63-40-15-12-36(13-16-40)38-24-42-31-61-47-29-51(48(76-5)26-44(47)58(73)66(42)32-38)79-22-10-21-78-50-28-46-45(27-49(50)77-6)59(74)67-33-39-25-43(75-4)17-14-37(39)23-41(67)30-60-46/h12-19,25-32,34-35,41-42,55H,7-11,20-24,33H2,1-6H3,(H,62,72)(H,63,71)(H,64,68)/t35-,41-,42-,55-/m0/s1. The summed E-state index contributed by atoms with van der Waals surface area (Å²) in [5.41, 5.74) is 6.14. The molecule has 3 N–H and O–H groups in total. The lowest BCUT2D eigenvalue weighted by atomic mass is 9.94. The second-order valence-electron chi connectivity index (χ2n) is 20.2. The van der Waals surface area contributed by atoms with E-state index in [0.29, 0.717) is 96.3 Å². The van der Waals surface area contributed by atoms with Crippen LogP contribution in [0.5, 0.6) is 28.7 Å². The summed E-state index contributed by atoms with van der Waals surface area (Å²) < 4.78 is 29.1. The molecule has 0 radical (unpaired) electrons. The van der Waals surface area contributed by atoms with Gasteiger partial charge in [0.1, 0.15) is 17.8 Å². The second-order valence-corrected chi connectivity index (χ2v) is 20.2. The summed E-state index contributed by atoms with van der Waals surface area (Å²) in [6, 6.07) is 17.5. The molecule has 0 fully saturated rings. The van der Waals surface area contributed by atoms with Crippen molar-refractivity contribution in [3.05, 3.63) is 113 Å². The molecule has 5 heterocycles. The molecule has 5 aliphatic rings. The third kappa shape index (κ3) is 12.3. The monoisotopic (exact) mass is 1080 g/mol. The molecular formula is C59H64N8O12. The Balaban J connectivity index is 0.743. The Morgan fingerprint density at radius 3 is 1.94 bits per heavy atom. The van der Waals surface area contributed by atoms with Crippen molar-refractivity contribution in [3.8, 4) is 28.7 Å². The minimum atomic E-state index is -0.925. The zero-order valence-electron chi connectivity index (χ0n) is 45.0. The molecule has 0 aromatic heterocycles. The number of nitrogens with zero attached hydrogens (tertiary/aromatic N) is 5. The van der Waals surface area contributed by atoms with Crippen molar-refractivity contribution in [1.82, 2.24) is 25.3 Å². The SMILES string of the molecule is COc1ccc2c(c1)CN1C(=O)c3cc(OC)c(OCCCOc4cc5c(cc4OC)C(=O)N4C=C(c6ccc(NC(=O)[C@H](C)NC(=O)[C@@H](NC(=O)CCCCCN7C(=O)C=CC7=O)C(C)C)cc6)C[C@H]4C=N5)cc3N=C[C@@H]1C2. The minimum Gasteiger partial charge on any atom is -0.497 e. The van der Waals surface area contributed by atoms with Crippen molar-refractivity contribution in [2.24, 2.45) is 15.9 Å². The maximum Gasteiger partial charge on any atom is 0.260 e. The molecule has 4 aromatic rings. The zero-order valence-corrected chi connectivity index (χ0v) is 45.0. The molecule has 0 unspecified atom stereocenters. The highest BCUT2D eigenvalue weighted by Crippen LogP contribution is 2.41. The van der Waals surface area contributed by atoms with Crippen LogP contribution in [-0.4, -0.2) is 134 Å². The zero-order chi connectivity index (χ0) is 55.9. The van der Waals surface area contributed by atoms with E-state index in [-0.39, 0.29) is 73.7 Å². The van der Waals surface area contributed by atoms with E-state index in [1.165, 1.54) is 26.4 Å². The fourth-order valence-corrected chi connectivity index (χ4v) is 10.0. The average Bonchev–Trinajstić information content (AvgIpc) is 4.12. The molecule has 5 aliphatic heterocycles. The van der Waals surface area contributed by atoms with E-state index >= 15 is 0 Å². The summed E-state index contributed by atoms with van der Waals surface area (Å²) in [5.74, 6) is -0.221. The molecule has 79 heavy (non-hydrogen) atoms. The topological polar surface area (TPSA) is 236 Å². The Morgan fingerprint density at radius 1 is 0.658 bits per heavy atom. The number of imide groups is 1. The van der Waals surface area contributed by atoms with Crippen molar-refractivity contribution in [1.29, 1.82) is 0 Å². The van der Waals surface area contributed by atoms with Crippen LogP contribution in [0.3, 0.4) is 0 Å². The van der Waals surface area contributed by atoms with Crippen LogP contribution >= 0.6 is 0 Å². The first-order chi connectivity index (χ1) is 38.1. The van der Waals surface area contributed by atoms with Gasteiger partial charge in [-0.2, -0.15) is 0 Å². The van der Waals surface area contributed by atoms with Crippen molar-refractivity contribution in [2.45, 2.75) is 96.4 Å². The van der Waals surface area contributed by atoms with E-state index in [1.807, 2.05) is 47.6 Å². The van der Waals surface area contributed by atoms with E-state index in [0.717, 1.165) is 32.9 Å². The molecule has 20 nitrogen and oxygen atoms in total. The smallest absolute Gasteiger partial charge is 0.260 e. The highest BCUT2D eigenvalue weighted by atomic mass is 16.5. The summed E-state index contributed by atoms with van der Waals surface area (Å²) in [4.78, 5) is 105. The Bertz CT molecular complexity index is 3170. The van der Waals surface area contributed by atoms with Crippen LogP contribution in [0.25, 0.3) is 5.57 Å². The fraction of sp³-hybridized carbons (Fsp3) is 0.373. The Hall–Kier alpha value is -8.81. The van der Waals surface area contributed by atoms with Crippen LogP contribution in [-0.2, 0) is 36.9 Å². The van der Waals surface area contributed by atoms with Crippen LogP contribution in [0, 0.1) is 5.92 Å². The summed E-state index contributed by atoms with van der Waals surface area (Å²) in [5, 5.41) is 8.34. The van der Waals surface area contributed by atoms with Gasteiger partial charge in [-0.3, -0.25) is 48.4 Å². The van der Waals surface area contributed by atoms with Gasteiger partial charge in [0.25, 0.3) is 23.6 Å². The number of ether oxygens (including phenoxy) is 5.